The van der Waals surface area contributed by atoms with E-state index in [0.717, 1.165) is 50.8 Å². The van der Waals surface area contributed by atoms with Crippen molar-refractivity contribution >= 4 is 18.1 Å². The van der Waals surface area contributed by atoms with Crippen molar-refractivity contribution < 1.29 is 27.6 Å². The van der Waals surface area contributed by atoms with Crippen molar-refractivity contribution in [3.05, 3.63) is 24.3 Å². The monoisotopic (exact) mass is 402 g/mol. The summed E-state index contributed by atoms with van der Waals surface area (Å²) in [6.07, 6.45) is 2.14. The maximum atomic E-state index is 5.67. The standard InChI is InChI=1S/C18H28O6P2/c1-3-17(9-19-10-17)13-21-25-23-15-5-7-16(8-6-15)24-26-22-14-18(4-2)11-20-12-18/h5-8,25-26H,3-4,9-14H2,1-2H3. The van der Waals surface area contributed by atoms with Gasteiger partial charge in [0.05, 0.1) is 39.6 Å². The molecule has 3 rings (SSSR count). The zero-order chi connectivity index (χ0) is 18.3. The highest BCUT2D eigenvalue weighted by Gasteiger charge is 2.37. The highest BCUT2D eigenvalue weighted by atomic mass is 31.1. The van der Waals surface area contributed by atoms with Crippen LogP contribution in [0, 0.1) is 10.8 Å². The van der Waals surface area contributed by atoms with Gasteiger partial charge in [-0.3, -0.25) is 0 Å². The van der Waals surface area contributed by atoms with Gasteiger partial charge >= 0.3 is 0 Å². The lowest BCUT2D eigenvalue weighted by Gasteiger charge is -2.40. The Hall–Kier alpha value is -0.480. The van der Waals surface area contributed by atoms with Crippen LogP contribution >= 0.6 is 18.1 Å². The summed E-state index contributed by atoms with van der Waals surface area (Å²) in [7, 11) is -0.0213. The third-order valence-electron chi connectivity index (χ3n) is 5.15. The lowest BCUT2D eigenvalue weighted by Crippen LogP contribution is -2.45. The van der Waals surface area contributed by atoms with Crippen molar-refractivity contribution in [3.63, 3.8) is 0 Å². The Balaban J connectivity index is 1.29. The maximum absolute atomic E-state index is 5.67. The topological polar surface area (TPSA) is 55.4 Å². The molecular weight excluding hydrogens is 374 g/mol. The van der Waals surface area contributed by atoms with Crippen LogP contribution in [0.4, 0.5) is 0 Å². The minimum absolute atomic E-state index is 0.0107. The predicted octanol–water partition coefficient (Wildman–Crippen LogP) is 4.35. The van der Waals surface area contributed by atoms with Gasteiger partial charge in [0, 0.05) is 10.8 Å². The molecule has 0 spiro atoms. The molecule has 1 aromatic rings. The van der Waals surface area contributed by atoms with E-state index in [0.29, 0.717) is 13.2 Å². The molecule has 0 aromatic heterocycles. The summed E-state index contributed by atoms with van der Waals surface area (Å²) in [5, 5.41) is 0. The van der Waals surface area contributed by atoms with E-state index in [1.807, 2.05) is 24.3 Å². The van der Waals surface area contributed by atoms with Crippen molar-refractivity contribution in [2.45, 2.75) is 26.7 Å². The quantitative estimate of drug-likeness (QED) is 0.383. The second-order valence-electron chi connectivity index (χ2n) is 7.11. The average molecular weight is 402 g/mol. The van der Waals surface area contributed by atoms with Gasteiger partial charge in [0.25, 0.3) is 0 Å². The van der Waals surface area contributed by atoms with Crippen molar-refractivity contribution in [3.8, 4) is 11.5 Å². The molecule has 0 N–H and O–H groups in total. The van der Waals surface area contributed by atoms with Gasteiger partial charge in [0.15, 0.2) is 0 Å². The van der Waals surface area contributed by atoms with E-state index in [4.69, 9.17) is 27.6 Å². The maximum Gasteiger partial charge on any atom is 0.215 e. The average Bonchev–Trinajstić information content (AvgIpc) is 2.60. The van der Waals surface area contributed by atoms with Crippen LogP contribution in [0.3, 0.4) is 0 Å². The molecule has 0 amide bonds. The van der Waals surface area contributed by atoms with E-state index in [1.54, 1.807) is 0 Å². The lowest BCUT2D eigenvalue weighted by molar-refractivity contribution is -0.132. The highest BCUT2D eigenvalue weighted by Crippen LogP contribution is 2.36. The highest BCUT2D eigenvalue weighted by molar-refractivity contribution is 7.26. The van der Waals surface area contributed by atoms with E-state index in [2.05, 4.69) is 13.8 Å². The molecule has 1 aromatic carbocycles. The molecule has 8 heteroatoms. The van der Waals surface area contributed by atoms with Crippen LogP contribution in [0.5, 0.6) is 11.5 Å². The second kappa shape index (κ2) is 9.64. The van der Waals surface area contributed by atoms with Gasteiger partial charge in [0.2, 0.25) is 18.1 Å². The lowest BCUT2D eigenvalue weighted by atomic mass is 9.84. The molecule has 26 heavy (non-hydrogen) atoms. The summed E-state index contributed by atoms with van der Waals surface area (Å²) in [6.45, 7) is 8.86. The normalized spacial score (nSPS) is 21.0. The molecule has 0 bridgehead atoms. The number of hydrogen-bond donors (Lipinski definition) is 0. The van der Waals surface area contributed by atoms with Crippen LogP contribution in [-0.2, 0) is 18.5 Å². The first-order valence-electron chi connectivity index (χ1n) is 9.02. The summed E-state index contributed by atoms with van der Waals surface area (Å²) < 4.78 is 33.2. The van der Waals surface area contributed by atoms with E-state index in [-0.39, 0.29) is 28.9 Å². The Morgan fingerprint density at radius 2 is 1.15 bits per heavy atom. The Bertz CT molecular complexity index is 485. The minimum atomic E-state index is -0.0107. The van der Waals surface area contributed by atoms with Gasteiger partial charge in [-0.15, -0.1) is 0 Å². The van der Waals surface area contributed by atoms with Crippen LogP contribution in [0.2, 0.25) is 0 Å². The second-order valence-corrected chi connectivity index (χ2v) is 8.43. The predicted molar refractivity (Wildman–Crippen MR) is 103 cm³/mol. The zero-order valence-electron chi connectivity index (χ0n) is 15.4. The number of hydrogen-bond acceptors (Lipinski definition) is 6. The van der Waals surface area contributed by atoms with Crippen molar-refractivity contribution in [2.75, 3.05) is 39.6 Å². The SMILES string of the molecule is CCC1(COPOc2ccc(OPOCC3(CC)COC3)cc2)COC1. The summed E-state index contributed by atoms with van der Waals surface area (Å²) >= 11 is 0. The summed E-state index contributed by atoms with van der Waals surface area (Å²) in [5.41, 5.74) is 0.383. The summed E-state index contributed by atoms with van der Waals surface area (Å²) in [6, 6.07) is 7.52. The molecule has 2 aliphatic heterocycles. The van der Waals surface area contributed by atoms with Gasteiger partial charge in [-0.2, -0.15) is 0 Å². The van der Waals surface area contributed by atoms with Crippen LogP contribution < -0.4 is 9.05 Å². The van der Waals surface area contributed by atoms with E-state index >= 15 is 0 Å². The van der Waals surface area contributed by atoms with Gasteiger partial charge in [-0.1, -0.05) is 13.8 Å². The Morgan fingerprint density at radius 3 is 1.42 bits per heavy atom. The minimum Gasteiger partial charge on any atom is -0.450 e. The molecule has 0 saturated carbocycles. The first kappa shape index (κ1) is 20.3. The fourth-order valence-electron chi connectivity index (χ4n) is 2.66. The third kappa shape index (κ3) is 5.28. The van der Waals surface area contributed by atoms with E-state index in [1.165, 1.54) is 0 Å². The summed E-state index contributed by atoms with van der Waals surface area (Å²) in [4.78, 5) is 0. The molecule has 0 radical (unpaired) electrons. The molecule has 2 saturated heterocycles. The summed E-state index contributed by atoms with van der Waals surface area (Å²) in [5.74, 6) is 1.54. The van der Waals surface area contributed by atoms with Gasteiger partial charge in [-0.05, 0) is 37.1 Å². The molecule has 6 nitrogen and oxygen atoms in total. The van der Waals surface area contributed by atoms with Crippen LogP contribution in [0.25, 0.3) is 0 Å². The van der Waals surface area contributed by atoms with Crippen LogP contribution in [0.15, 0.2) is 24.3 Å². The Labute approximate surface area is 159 Å². The molecular formula is C18H28O6P2. The largest absolute Gasteiger partial charge is 0.450 e. The van der Waals surface area contributed by atoms with Gasteiger partial charge in [-0.25, -0.2) is 0 Å². The molecule has 2 heterocycles. The molecule has 2 atom stereocenters. The molecule has 2 fully saturated rings. The van der Waals surface area contributed by atoms with Crippen molar-refractivity contribution in [1.82, 2.24) is 0 Å². The van der Waals surface area contributed by atoms with Crippen molar-refractivity contribution in [1.29, 1.82) is 0 Å². The van der Waals surface area contributed by atoms with Gasteiger partial charge in [0.1, 0.15) is 11.5 Å². The fourth-order valence-corrected chi connectivity index (χ4v) is 3.97. The van der Waals surface area contributed by atoms with Gasteiger partial charge < -0.3 is 27.6 Å². The smallest absolute Gasteiger partial charge is 0.215 e. The van der Waals surface area contributed by atoms with E-state index < -0.39 is 0 Å². The van der Waals surface area contributed by atoms with Crippen LogP contribution in [-0.4, -0.2) is 39.6 Å². The Morgan fingerprint density at radius 1 is 0.769 bits per heavy atom. The molecule has 146 valence electrons. The van der Waals surface area contributed by atoms with E-state index in [9.17, 15) is 0 Å². The number of ether oxygens (including phenoxy) is 2. The number of rotatable bonds is 12. The molecule has 0 aliphatic carbocycles. The zero-order valence-corrected chi connectivity index (χ0v) is 17.4. The fraction of sp³-hybridized carbons (Fsp3) is 0.667. The first-order chi connectivity index (χ1) is 12.7. The molecule has 2 unspecified atom stereocenters. The molecule has 2 aliphatic rings. The third-order valence-corrected chi connectivity index (χ3v) is 6.31. The Kier molecular flexibility index (Phi) is 7.51. The number of benzene rings is 1. The van der Waals surface area contributed by atoms with Crippen LogP contribution in [0.1, 0.15) is 26.7 Å². The first-order valence-corrected chi connectivity index (χ1v) is 10.7. The van der Waals surface area contributed by atoms with Crippen molar-refractivity contribution in [2.24, 2.45) is 10.8 Å².